The van der Waals surface area contributed by atoms with E-state index in [9.17, 15) is 0 Å². The van der Waals surface area contributed by atoms with Gasteiger partial charge < -0.3 is 4.74 Å². The molecular formula is C11H23NO. The van der Waals surface area contributed by atoms with Crippen LogP contribution in [0.25, 0.3) is 0 Å². The maximum absolute atomic E-state index is 5.11. The number of rotatable bonds is 4. The smallest absolute Gasteiger partial charge is 0.0477 e. The Balaban J connectivity index is 2.30. The van der Waals surface area contributed by atoms with Gasteiger partial charge in [0, 0.05) is 25.8 Å². The van der Waals surface area contributed by atoms with Crippen LogP contribution in [0.1, 0.15) is 39.5 Å². The standard InChI is InChI=1S/C11H23NO/c1-10-6-4-5-8-12(10)11(2)7-9-13-3/h10-11H,4-9H2,1-3H3/t10-,11?/m1/s1. The zero-order valence-corrected chi connectivity index (χ0v) is 9.25. The third-order valence-electron chi connectivity index (χ3n) is 3.16. The number of hydrogen-bond donors (Lipinski definition) is 0. The molecular weight excluding hydrogens is 162 g/mol. The monoisotopic (exact) mass is 185 g/mol. The molecule has 0 saturated carbocycles. The van der Waals surface area contributed by atoms with Crippen molar-refractivity contribution in [1.29, 1.82) is 0 Å². The molecule has 1 heterocycles. The quantitative estimate of drug-likeness (QED) is 0.666. The van der Waals surface area contributed by atoms with E-state index in [2.05, 4.69) is 18.7 Å². The Hall–Kier alpha value is -0.0800. The van der Waals surface area contributed by atoms with Gasteiger partial charge in [0.25, 0.3) is 0 Å². The van der Waals surface area contributed by atoms with E-state index >= 15 is 0 Å². The number of hydrogen-bond acceptors (Lipinski definition) is 2. The molecule has 1 rings (SSSR count). The first kappa shape index (κ1) is 11.0. The SMILES string of the molecule is COCCC(C)N1CCCC[C@H]1C. The summed E-state index contributed by atoms with van der Waals surface area (Å²) >= 11 is 0. The van der Waals surface area contributed by atoms with Crippen LogP contribution in [-0.2, 0) is 4.74 Å². The molecule has 2 heteroatoms. The Morgan fingerprint density at radius 2 is 2.23 bits per heavy atom. The van der Waals surface area contributed by atoms with Gasteiger partial charge in [-0.3, -0.25) is 4.90 Å². The Bertz CT molecular complexity index is 138. The fourth-order valence-electron chi connectivity index (χ4n) is 2.23. The van der Waals surface area contributed by atoms with E-state index in [1.165, 1.54) is 32.2 Å². The average Bonchev–Trinajstić information content (AvgIpc) is 2.15. The summed E-state index contributed by atoms with van der Waals surface area (Å²) in [5.74, 6) is 0. The zero-order valence-electron chi connectivity index (χ0n) is 9.25. The van der Waals surface area contributed by atoms with E-state index in [4.69, 9.17) is 4.74 Å². The summed E-state index contributed by atoms with van der Waals surface area (Å²) in [5, 5.41) is 0. The third-order valence-corrected chi connectivity index (χ3v) is 3.16. The molecule has 13 heavy (non-hydrogen) atoms. The highest BCUT2D eigenvalue weighted by Crippen LogP contribution is 2.20. The van der Waals surface area contributed by atoms with Gasteiger partial charge in [0.2, 0.25) is 0 Å². The Morgan fingerprint density at radius 3 is 2.85 bits per heavy atom. The van der Waals surface area contributed by atoms with E-state index in [0.717, 1.165) is 12.6 Å². The summed E-state index contributed by atoms with van der Waals surface area (Å²) < 4.78 is 5.11. The highest BCUT2D eigenvalue weighted by Gasteiger charge is 2.22. The van der Waals surface area contributed by atoms with Crippen LogP contribution < -0.4 is 0 Å². The molecule has 0 aliphatic carbocycles. The highest BCUT2D eigenvalue weighted by atomic mass is 16.5. The average molecular weight is 185 g/mol. The molecule has 2 atom stereocenters. The first-order valence-electron chi connectivity index (χ1n) is 5.50. The van der Waals surface area contributed by atoms with Crippen LogP contribution in [0.2, 0.25) is 0 Å². The summed E-state index contributed by atoms with van der Waals surface area (Å²) in [6.45, 7) is 6.85. The van der Waals surface area contributed by atoms with E-state index < -0.39 is 0 Å². The van der Waals surface area contributed by atoms with Crippen LogP contribution in [0.3, 0.4) is 0 Å². The molecule has 0 aromatic rings. The predicted octanol–water partition coefficient (Wildman–Crippen LogP) is 2.29. The van der Waals surface area contributed by atoms with E-state index in [1.807, 2.05) is 0 Å². The van der Waals surface area contributed by atoms with Crippen LogP contribution in [0.15, 0.2) is 0 Å². The van der Waals surface area contributed by atoms with Gasteiger partial charge in [-0.05, 0) is 39.7 Å². The van der Waals surface area contributed by atoms with Crippen molar-refractivity contribution in [2.75, 3.05) is 20.3 Å². The Morgan fingerprint density at radius 1 is 1.46 bits per heavy atom. The fraction of sp³-hybridized carbons (Fsp3) is 1.00. The summed E-state index contributed by atoms with van der Waals surface area (Å²) in [4.78, 5) is 2.63. The van der Waals surface area contributed by atoms with E-state index in [1.54, 1.807) is 7.11 Å². The lowest BCUT2D eigenvalue weighted by molar-refractivity contribution is 0.0862. The minimum atomic E-state index is 0.690. The van der Waals surface area contributed by atoms with Gasteiger partial charge in [0.15, 0.2) is 0 Å². The van der Waals surface area contributed by atoms with Crippen LogP contribution in [-0.4, -0.2) is 37.2 Å². The van der Waals surface area contributed by atoms with Gasteiger partial charge in [-0.2, -0.15) is 0 Å². The van der Waals surface area contributed by atoms with E-state index in [0.29, 0.717) is 6.04 Å². The Labute approximate surface area is 82.3 Å². The number of ether oxygens (including phenoxy) is 1. The third kappa shape index (κ3) is 3.28. The van der Waals surface area contributed by atoms with E-state index in [-0.39, 0.29) is 0 Å². The molecule has 0 aromatic heterocycles. The van der Waals surface area contributed by atoms with Gasteiger partial charge in [0.1, 0.15) is 0 Å². The van der Waals surface area contributed by atoms with Gasteiger partial charge in [0.05, 0.1) is 0 Å². The molecule has 1 aliphatic rings. The second kappa shape index (κ2) is 5.61. The number of likely N-dealkylation sites (tertiary alicyclic amines) is 1. The fourth-order valence-corrected chi connectivity index (χ4v) is 2.23. The summed E-state index contributed by atoms with van der Waals surface area (Å²) in [7, 11) is 1.78. The second-order valence-corrected chi connectivity index (χ2v) is 4.21. The molecule has 1 unspecified atom stereocenters. The molecule has 0 aromatic carbocycles. The molecule has 0 amide bonds. The van der Waals surface area contributed by atoms with Crippen molar-refractivity contribution in [2.24, 2.45) is 0 Å². The van der Waals surface area contributed by atoms with Crippen molar-refractivity contribution in [2.45, 2.75) is 51.6 Å². The minimum Gasteiger partial charge on any atom is -0.385 e. The van der Waals surface area contributed by atoms with Crippen LogP contribution in [0.5, 0.6) is 0 Å². The molecule has 78 valence electrons. The molecule has 0 spiro atoms. The van der Waals surface area contributed by atoms with Crippen molar-refractivity contribution in [3.05, 3.63) is 0 Å². The maximum Gasteiger partial charge on any atom is 0.0477 e. The van der Waals surface area contributed by atoms with Gasteiger partial charge in [-0.15, -0.1) is 0 Å². The van der Waals surface area contributed by atoms with Gasteiger partial charge in [-0.1, -0.05) is 6.42 Å². The summed E-state index contributed by atoms with van der Waals surface area (Å²) in [5.41, 5.74) is 0. The van der Waals surface area contributed by atoms with Crippen molar-refractivity contribution in [3.63, 3.8) is 0 Å². The second-order valence-electron chi connectivity index (χ2n) is 4.21. The zero-order chi connectivity index (χ0) is 9.68. The van der Waals surface area contributed by atoms with Crippen molar-refractivity contribution in [1.82, 2.24) is 4.90 Å². The minimum absolute atomic E-state index is 0.690. The molecule has 2 nitrogen and oxygen atoms in total. The van der Waals surface area contributed by atoms with Gasteiger partial charge in [-0.25, -0.2) is 0 Å². The topological polar surface area (TPSA) is 12.5 Å². The van der Waals surface area contributed by atoms with Crippen molar-refractivity contribution < 1.29 is 4.74 Å². The number of nitrogens with zero attached hydrogens (tertiary/aromatic N) is 1. The molecule has 1 fully saturated rings. The highest BCUT2D eigenvalue weighted by molar-refractivity contribution is 4.77. The molecule has 0 radical (unpaired) electrons. The number of piperidine rings is 1. The molecule has 0 bridgehead atoms. The number of methoxy groups -OCH3 is 1. The van der Waals surface area contributed by atoms with Crippen LogP contribution in [0, 0.1) is 0 Å². The lowest BCUT2D eigenvalue weighted by atomic mass is 10.0. The largest absolute Gasteiger partial charge is 0.385 e. The summed E-state index contributed by atoms with van der Waals surface area (Å²) in [6, 6.07) is 1.47. The molecule has 0 N–H and O–H groups in total. The lowest BCUT2D eigenvalue weighted by Crippen LogP contribution is -2.43. The first-order chi connectivity index (χ1) is 6.25. The van der Waals surface area contributed by atoms with Crippen LogP contribution >= 0.6 is 0 Å². The van der Waals surface area contributed by atoms with Gasteiger partial charge >= 0.3 is 0 Å². The molecule has 1 saturated heterocycles. The van der Waals surface area contributed by atoms with Crippen molar-refractivity contribution in [3.8, 4) is 0 Å². The lowest BCUT2D eigenvalue weighted by Gasteiger charge is -2.38. The first-order valence-corrected chi connectivity index (χ1v) is 5.50. The Kier molecular flexibility index (Phi) is 4.74. The molecule has 1 aliphatic heterocycles. The normalized spacial score (nSPS) is 27.5. The summed E-state index contributed by atoms with van der Waals surface area (Å²) in [6.07, 6.45) is 5.33. The maximum atomic E-state index is 5.11. The van der Waals surface area contributed by atoms with Crippen LogP contribution in [0.4, 0.5) is 0 Å². The predicted molar refractivity (Wildman–Crippen MR) is 56.0 cm³/mol. The van der Waals surface area contributed by atoms with Crippen molar-refractivity contribution >= 4 is 0 Å².